The number of halogens is 1. The molecule has 0 radical (unpaired) electrons. The average molecular weight is 283 g/mol. The van der Waals surface area contributed by atoms with Gasteiger partial charge in [-0.2, -0.15) is 0 Å². The summed E-state index contributed by atoms with van der Waals surface area (Å²) in [6, 6.07) is 14.8. The summed E-state index contributed by atoms with van der Waals surface area (Å²) in [7, 11) is 0. The Morgan fingerprint density at radius 1 is 1.10 bits per heavy atom. The third-order valence-electron chi connectivity index (χ3n) is 2.95. The number of para-hydroxylation sites is 1. The van der Waals surface area contributed by atoms with E-state index in [0.29, 0.717) is 16.1 Å². The number of phenols is 1. The van der Waals surface area contributed by atoms with E-state index in [2.05, 4.69) is 9.98 Å². The molecule has 3 rings (SSSR count). The number of hydrogen-bond donors (Lipinski definition) is 1. The zero-order valence-corrected chi connectivity index (χ0v) is 11.2. The predicted octanol–water partition coefficient (Wildman–Crippen LogP) is 4.34. The molecule has 0 aliphatic rings. The summed E-state index contributed by atoms with van der Waals surface area (Å²) < 4.78 is 0. The third kappa shape index (κ3) is 2.36. The summed E-state index contributed by atoms with van der Waals surface area (Å²) in [6.07, 6.45) is 3.21. The molecule has 98 valence electrons. The fraction of sp³-hybridized carbons (Fsp3) is 0. The normalized spacial score (nSPS) is 11.2. The Hall–Kier alpha value is -2.39. The predicted molar refractivity (Wildman–Crippen MR) is 82.1 cm³/mol. The van der Waals surface area contributed by atoms with Gasteiger partial charge in [0.05, 0.1) is 10.7 Å². The molecule has 0 unspecified atom stereocenters. The number of hydrogen-bond acceptors (Lipinski definition) is 3. The van der Waals surface area contributed by atoms with Gasteiger partial charge in [-0.25, -0.2) is 0 Å². The van der Waals surface area contributed by atoms with Crippen molar-refractivity contribution in [3.8, 4) is 5.75 Å². The number of phenolic OH excluding ortho intramolecular Hbond substituents is 1. The fourth-order valence-electron chi connectivity index (χ4n) is 1.96. The molecule has 0 aliphatic carbocycles. The molecule has 0 amide bonds. The van der Waals surface area contributed by atoms with E-state index in [1.807, 2.05) is 36.4 Å². The summed E-state index contributed by atoms with van der Waals surface area (Å²) in [5, 5.41) is 11.5. The average Bonchev–Trinajstić information content (AvgIpc) is 2.50. The lowest BCUT2D eigenvalue weighted by Gasteiger charge is -2.05. The van der Waals surface area contributed by atoms with E-state index in [0.717, 1.165) is 11.1 Å². The Morgan fingerprint density at radius 3 is 2.70 bits per heavy atom. The maximum Gasteiger partial charge on any atom is 0.150 e. The first-order valence-corrected chi connectivity index (χ1v) is 6.49. The van der Waals surface area contributed by atoms with Gasteiger partial charge in [-0.1, -0.05) is 29.8 Å². The molecular formula is C16H11ClN2O. The smallest absolute Gasteiger partial charge is 0.150 e. The van der Waals surface area contributed by atoms with Crippen LogP contribution in [-0.2, 0) is 0 Å². The van der Waals surface area contributed by atoms with Crippen molar-refractivity contribution in [3.05, 3.63) is 65.3 Å². The van der Waals surface area contributed by atoms with Crippen molar-refractivity contribution in [1.29, 1.82) is 0 Å². The number of rotatable bonds is 2. The molecule has 3 aromatic rings. The van der Waals surface area contributed by atoms with Crippen molar-refractivity contribution in [3.63, 3.8) is 0 Å². The second kappa shape index (κ2) is 5.31. The molecular weight excluding hydrogens is 272 g/mol. The maximum absolute atomic E-state index is 10.2. The van der Waals surface area contributed by atoms with Gasteiger partial charge in [0, 0.05) is 23.4 Å². The number of benzene rings is 2. The summed E-state index contributed by atoms with van der Waals surface area (Å²) in [5.41, 5.74) is 1.84. The highest BCUT2D eigenvalue weighted by Gasteiger charge is 2.09. The van der Waals surface area contributed by atoms with E-state index in [-0.39, 0.29) is 5.75 Å². The van der Waals surface area contributed by atoms with Gasteiger partial charge in [0.1, 0.15) is 5.52 Å². The van der Waals surface area contributed by atoms with Crippen LogP contribution in [0.25, 0.3) is 10.9 Å². The third-order valence-corrected chi connectivity index (χ3v) is 3.27. The van der Waals surface area contributed by atoms with Gasteiger partial charge in [0.25, 0.3) is 0 Å². The second-order valence-electron chi connectivity index (χ2n) is 4.29. The molecule has 1 heterocycles. The van der Waals surface area contributed by atoms with Crippen molar-refractivity contribution >= 4 is 34.4 Å². The number of nitrogens with zero attached hydrogens (tertiary/aromatic N) is 2. The van der Waals surface area contributed by atoms with Gasteiger partial charge in [0.2, 0.25) is 0 Å². The van der Waals surface area contributed by atoms with Gasteiger partial charge in [-0.3, -0.25) is 9.98 Å². The van der Waals surface area contributed by atoms with Crippen molar-refractivity contribution in [2.75, 3.05) is 0 Å². The quantitative estimate of drug-likeness (QED) is 0.711. The van der Waals surface area contributed by atoms with Crippen LogP contribution in [0.5, 0.6) is 5.75 Å². The van der Waals surface area contributed by atoms with E-state index in [9.17, 15) is 5.11 Å². The molecule has 0 saturated carbocycles. The number of pyridine rings is 1. The highest BCUT2D eigenvalue weighted by molar-refractivity contribution is 6.36. The van der Waals surface area contributed by atoms with E-state index in [4.69, 9.17) is 11.6 Å². The van der Waals surface area contributed by atoms with Crippen LogP contribution in [0, 0.1) is 0 Å². The minimum atomic E-state index is 0.0877. The summed E-state index contributed by atoms with van der Waals surface area (Å²) in [5.74, 6) is 0.0877. The van der Waals surface area contributed by atoms with Crippen molar-refractivity contribution in [2.24, 2.45) is 4.99 Å². The Kier molecular flexibility index (Phi) is 3.35. The van der Waals surface area contributed by atoms with Crippen molar-refractivity contribution in [2.45, 2.75) is 0 Å². The molecule has 0 bridgehead atoms. The Labute approximate surface area is 121 Å². The Morgan fingerprint density at radius 2 is 1.90 bits per heavy atom. The lowest BCUT2D eigenvalue weighted by atomic mass is 10.1. The maximum atomic E-state index is 10.2. The molecule has 1 aromatic heterocycles. The SMILES string of the molecule is Oc1c(C=Nc2ccccc2)cc(Cl)c2cccnc12. The van der Waals surface area contributed by atoms with Crippen LogP contribution in [0.4, 0.5) is 5.69 Å². The first-order chi connectivity index (χ1) is 9.75. The number of fused-ring (bicyclic) bond motifs is 1. The van der Waals surface area contributed by atoms with Crippen LogP contribution < -0.4 is 0 Å². The largest absolute Gasteiger partial charge is 0.505 e. The van der Waals surface area contributed by atoms with E-state index >= 15 is 0 Å². The Balaban J connectivity index is 2.09. The monoisotopic (exact) mass is 282 g/mol. The van der Waals surface area contributed by atoms with Gasteiger partial charge in [-0.05, 0) is 30.3 Å². The van der Waals surface area contributed by atoms with Crippen LogP contribution in [0.3, 0.4) is 0 Å². The minimum absolute atomic E-state index is 0.0877. The topological polar surface area (TPSA) is 45.5 Å². The van der Waals surface area contributed by atoms with Crippen LogP contribution >= 0.6 is 11.6 Å². The zero-order valence-electron chi connectivity index (χ0n) is 10.5. The zero-order chi connectivity index (χ0) is 13.9. The van der Waals surface area contributed by atoms with E-state index < -0.39 is 0 Å². The van der Waals surface area contributed by atoms with Crippen LogP contribution in [0.1, 0.15) is 5.56 Å². The molecule has 0 atom stereocenters. The van der Waals surface area contributed by atoms with Gasteiger partial charge in [-0.15, -0.1) is 0 Å². The highest BCUT2D eigenvalue weighted by atomic mass is 35.5. The first kappa shape index (κ1) is 12.6. The van der Waals surface area contributed by atoms with E-state index in [1.54, 1.807) is 24.5 Å². The molecule has 0 spiro atoms. The van der Waals surface area contributed by atoms with Crippen LogP contribution in [0.15, 0.2) is 59.7 Å². The number of aromatic hydroxyl groups is 1. The van der Waals surface area contributed by atoms with Crippen LogP contribution in [-0.4, -0.2) is 16.3 Å². The molecule has 3 nitrogen and oxygen atoms in total. The Bertz CT molecular complexity index is 785. The molecule has 0 aliphatic heterocycles. The number of aromatic nitrogens is 1. The number of aliphatic imine (C=N–C) groups is 1. The second-order valence-corrected chi connectivity index (χ2v) is 4.70. The van der Waals surface area contributed by atoms with Crippen molar-refractivity contribution < 1.29 is 5.11 Å². The highest BCUT2D eigenvalue weighted by Crippen LogP contribution is 2.32. The lowest BCUT2D eigenvalue weighted by Crippen LogP contribution is -1.88. The fourth-order valence-corrected chi connectivity index (χ4v) is 2.23. The van der Waals surface area contributed by atoms with Crippen LogP contribution in [0.2, 0.25) is 5.02 Å². The molecule has 20 heavy (non-hydrogen) atoms. The van der Waals surface area contributed by atoms with E-state index in [1.165, 1.54) is 0 Å². The minimum Gasteiger partial charge on any atom is -0.505 e. The van der Waals surface area contributed by atoms with Gasteiger partial charge < -0.3 is 5.11 Å². The molecule has 2 aromatic carbocycles. The molecule has 4 heteroatoms. The molecule has 1 N–H and O–H groups in total. The lowest BCUT2D eigenvalue weighted by molar-refractivity contribution is 0.479. The first-order valence-electron chi connectivity index (χ1n) is 6.11. The van der Waals surface area contributed by atoms with Crippen molar-refractivity contribution in [1.82, 2.24) is 4.98 Å². The summed E-state index contributed by atoms with van der Waals surface area (Å²) >= 11 is 6.20. The summed E-state index contributed by atoms with van der Waals surface area (Å²) in [6.45, 7) is 0. The molecule has 0 saturated heterocycles. The van der Waals surface area contributed by atoms with Gasteiger partial charge in [0.15, 0.2) is 5.75 Å². The van der Waals surface area contributed by atoms with Gasteiger partial charge >= 0.3 is 0 Å². The summed E-state index contributed by atoms with van der Waals surface area (Å²) in [4.78, 5) is 8.47. The molecule has 0 fully saturated rings. The standard InChI is InChI=1S/C16H11ClN2O/c17-14-9-11(10-19-12-5-2-1-3-6-12)16(20)15-13(14)7-4-8-18-15/h1-10,20H.